The van der Waals surface area contributed by atoms with Crippen molar-refractivity contribution >= 4 is 16.8 Å². The van der Waals surface area contributed by atoms with Crippen LogP contribution in [0.3, 0.4) is 0 Å². The number of hydrogen-bond acceptors (Lipinski definition) is 4. The van der Waals surface area contributed by atoms with Crippen LogP contribution in [-0.4, -0.2) is 33.7 Å². The van der Waals surface area contributed by atoms with Gasteiger partial charge in [-0.1, -0.05) is 13.8 Å². The van der Waals surface area contributed by atoms with Crippen molar-refractivity contribution in [3.8, 4) is 11.5 Å². The number of aliphatic carboxylic acids is 1. The first-order chi connectivity index (χ1) is 9.00. The fraction of sp³-hybridized carbons (Fsp3) is 0.462. The summed E-state index contributed by atoms with van der Waals surface area (Å²) < 4.78 is 23.1. The lowest BCUT2D eigenvalue weighted by atomic mass is 10.1. The standard InChI is InChI=1S/C13H16O5S/c1-8(2)12(13(14)15)19(16)9-3-4-10-11(7-9)18-6-5-17-10/h3-4,7-8,12H,5-6H2,1-2H3,(H,14,15). The Hall–Kier alpha value is -1.56. The summed E-state index contributed by atoms with van der Waals surface area (Å²) in [6, 6.07) is 4.89. The normalized spacial score (nSPS) is 17.0. The zero-order valence-electron chi connectivity index (χ0n) is 10.8. The molecule has 0 saturated carbocycles. The second-order valence-electron chi connectivity index (χ2n) is 4.61. The van der Waals surface area contributed by atoms with Crippen molar-refractivity contribution < 1.29 is 23.6 Å². The number of carboxylic acid groups (broad SMARTS) is 1. The van der Waals surface area contributed by atoms with E-state index in [2.05, 4.69) is 0 Å². The van der Waals surface area contributed by atoms with E-state index in [1.165, 1.54) is 0 Å². The quantitative estimate of drug-likeness (QED) is 0.910. The summed E-state index contributed by atoms with van der Waals surface area (Å²) in [6.45, 7) is 4.41. The molecule has 19 heavy (non-hydrogen) atoms. The number of carboxylic acids is 1. The monoisotopic (exact) mass is 284 g/mol. The van der Waals surface area contributed by atoms with Crippen molar-refractivity contribution in [1.82, 2.24) is 0 Å². The molecule has 5 nitrogen and oxygen atoms in total. The molecule has 1 aliphatic rings. The Morgan fingerprint density at radius 3 is 2.47 bits per heavy atom. The average molecular weight is 284 g/mol. The molecule has 1 N–H and O–H groups in total. The molecule has 2 rings (SSSR count). The number of fused-ring (bicyclic) bond motifs is 1. The maximum absolute atomic E-state index is 12.3. The zero-order chi connectivity index (χ0) is 14.0. The van der Waals surface area contributed by atoms with Gasteiger partial charge in [0.25, 0.3) is 0 Å². The van der Waals surface area contributed by atoms with Crippen molar-refractivity contribution in [1.29, 1.82) is 0 Å². The van der Waals surface area contributed by atoms with Crippen LogP contribution in [0.5, 0.6) is 11.5 Å². The first-order valence-electron chi connectivity index (χ1n) is 6.03. The van der Waals surface area contributed by atoms with Gasteiger partial charge in [0.15, 0.2) is 11.5 Å². The molecule has 1 aromatic rings. The van der Waals surface area contributed by atoms with E-state index in [0.29, 0.717) is 29.6 Å². The van der Waals surface area contributed by atoms with Crippen LogP contribution in [0.2, 0.25) is 0 Å². The van der Waals surface area contributed by atoms with Crippen molar-refractivity contribution in [3.63, 3.8) is 0 Å². The second-order valence-corrected chi connectivity index (χ2v) is 6.18. The first kappa shape index (κ1) is 13.9. The number of carbonyl (C=O) groups is 1. The van der Waals surface area contributed by atoms with E-state index >= 15 is 0 Å². The highest BCUT2D eigenvalue weighted by atomic mass is 32.2. The summed E-state index contributed by atoms with van der Waals surface area (Å²) >= 11 is 0. The van der Waals surface area contributed by atoms with Gasteiger partial charge >= 0.3 is 5.97 Å². The van der Waals surface area contributed by atoms with Crippen molar-refractivity contribution in [2.24, 2.45) is 5.92 Å². The van der Waals surface area contributed by atoms with Gasteiger partial charge in [-0.15, -0.1) is 0 Å². The molecule has 1 aliphatic heterocycles. The van der Waals surface area contributed by atoms with E-state index in [9.17, 15) is 9.00 Å². The van der Waals surface area contributed by atoms with E-state index < -0.39 is 22.0 Å². The second kappa shape index (κ2) is 5.61. The average Bonchev–Trinajstić information content (AvgIpc) is 2.37. The van der Waals surface area contributed by atoms with Crippen molar-refractivity contribution in [2.45, 2.75) is 24.0 Å². The molecule has 6 heteroatoms. The summed E-state index contributed by atoms with van der Waals surface area (Å²) in [5.41, 5.74) is 0. The Kier molecular flexibility index (Phi) is 4.09. The Bertz CT molecular complexity index is 512. The van der Waals surface area contributed by atoms with Crippen LogP contribution in [0.1, 0.15) is 13.8 Å². The lowest BCUT2D eigenvalue weighted by Crippen LogP contribution is -2.31. The van der Waals surface area contributed by atoms with E-state index in [1.807, 2.05) is 0 Å². The Labute approximate surface area is 114 Å². The van der Waals surface area contributed by atoms with Crippen LogP contribution in [0.25, 0.3) is 0 Å². The summed E-state index contributed by atoms with van der Waals surface area (Å²) in [5.74, 6) is -0.150. The predicted octanol–water partition coefficient (Wildman–Crippen LogP) is 1.67. The summed E-state index contributed by atoms with van der Waals surface area (Å²) in [5, 5.41) is 8.24. The van der Waals surface area contributed by atoms with Gasteiger partial charge in [0, 0.05) is 11.0 Å². The van der Waals surface area contributed by atoms with Gasteiger partial charge in [0.2, 0.25) is 0 Å². The summed E-state index contributed by atoms with van der Waals surface area (Å²) in [6.07, 6.45) is 0. The minimum Gasteiger partial charge on any atom is -0.486 e. The van der Waals surface area contributed by atoms with Crippen molar-refractivity contribution in [3.05, 3.63) is 18.2 Å². The van der Waals surface area contributed by atoms with Crippen molar-refractivity contribution in [2.75, 3.05) is 13.2 Å². The van der Waals surface area contributed by atoms with Gasteiger partial charge in [-0.05, 0) is 18.1 Å². The fourth-order valence-electron chi connectivity index (χ4n) is 1.92. The molecule has 1 heterocycles. The Balaban J connectivity index is 2.30. The molecule has 0 bridgehead atoms. The molecule has 0 aliphatic carbocycles. The zero-order valence-corrected chi connectivity index (χ0v) is 11.6. The molecule has 0 radical (unpaired) electrons. The maximum atomic E-state index is 12.3. The van der Waals surface area contributed by atoms with Crippen LogP contribution in [0, 0.1) is 5.92 Å². The highest BCUT2D eigenvalue weighted by Gasteiger charge is 2.30. The van der Waals surface area contributed by atoms with Gasteiger partial charge in [-0.2, -0.15) is 0 Å². The predicted molar refractivity (Wildman–Crippen MR) is 70.1 cm³/mol. The lowest BCUT2D eigenvalue weighted by molar-refractivity contribution is -0.137. The first-order valence-corrected chi connectivity index (χ1v) is 7.25. The largest absolute Gasteiger partial charge is 0.486 e. The van der Waals surface area contributed by atoms with Crippen LogP contribution in [-0.2, 0) is 15.6 Å². The molecule has 0 saturated heterocycles. The van der Waals surface area contributed by atoms with Crippen LogP contribution >= 0.6 is 0 Å². The third-order valence-electron chi connectivity index (χ3n) is 2.83. The molecule has 1 aromatic carbocycles. The molecule has 0 amide bonds. The Morgan fingerprint density at radius 1 is 1.26 bits per heavy atom. The van der Waals surface area contributed by atoms with Crippen LogP contribution in [0.4, 0.5) is 0 Å². The smallest absolute Gasteiger partial charge is 0.319 e. The van der Waals surface area contributed by atoms with Gasteiger partial charge in [0.1, 0.15) is 18.5 Å². The molecule has 2 atom stereocenters. The SMILES string of the molecule is CC(C)C(C(=O)O)S(=O)c1ccc2c(c1)OCCO2. The molecule has 2 unspecified atom stereocenters. The maximum Gasteiger partial charge on any atom is 0.319 e. The molecule has 0 fully saturated rings. The van der Waals surface area contributed by atoms with Gasteiger partial charge in [-0.25, -0.2) is 0 Å². The summed E-state index contributed by atoms with van der Waals surface area (Å²) in [4.78, 5) is 11.6. The van der Waals surface area contributed by atoms with E-state index in [4.69, 9.17) is 14.6 Å². The summed E-state index contributed by atoms with van der Waals surface area (Å²) in [7, 11) is -1.61. The molecule has 104 valence electrons. The van der Waals surface area contributed by atoms with Gasteiger partial charge in [-0.3, -0.25) is 9.00 Å². The number of hydrogen-bond donors (Lipinski definition) is 1. The van der Waals surface area contributed by atoms with E-state index in [1.54, 1.807) is 32.0 Å². The number of rotatable bonds is 4. The van der Waals surface area contributed by atoms with E-state index in [-0.39, 0.29) is 5.92 Å². The van der Waals surface area contributed by atoms with E-state index in [0.717, 1.165) is 0 Å². The highest BCUT2D eigenvalue weighted by Crippen LogP contribution is 2.32. The molecule has 0 spiro atoms. The molecular formula is C13H16O5S. The van der Waals surface area contributed by atoms with Crippen LogP contribution < -0.4 is 9.47 Å². The molecular weight excluding hydrogens is 268 g/mol. The fourth-order valence-corrected chi connectivity index (χ4v) is 3.32. The third kappa shape index (κ3) is 2.89. The number of benzene rings is 1. The van der Waals surface area contributed by atoms with Gasteiger partial charge in [0.05, 0.1) is 10.8 Å². The Morgan fingerprint density at radius 2 is 1.89 bits per heavy atom. The number of ether oxygens (including phenoxy) is 2. The minimum absolute atomic E-state index is 0.216. The lowest BCUT2D eigenvalue weighted by Gasteiger charge is -2.20. The molecule has 0 aromatic heterocycles. The third-order valence-corrected chi connectivity index (χ3v) is 4.75. The minimum atomic E-state index is -1.61. The topological polar surface area (TPSA) is 72.8 Å². The van der Waals surface area contributed by atoms with Gasteiger partial charge < -0.3 is 14.6 Å². The van der Waals surface area contributed by atoms with Crippen LogP contribution in [0.15, 0.2) is 23.1 Å². The highest BCUT2D eigenvalue weighted by molar-refractivity contribution is 7.86.